The maximum atomic E-state index is 12.4. The van der Waals surface area contributed by atoms with E-state index in [1.807, 2.05) is 39.0 Å². The van der Waals surface area contributed by atoms with E-state index in [1.165, 1.54) is 5.56 Å². The number of hydrogen-bond acceptors (Lipinski definition) is 4. The minimum atomic E-state index is -0.0446. The smallest absolute Gasteiger partial charge is 0.260 e. The number of pyridine rings is 1. The van der Waals surface area contributed by atoms with Crippen molar-refractivity contribution < 1.29 is 14.3 Å². The third-order valence-corrected chi connectivity index (χ3v) is 4.54. The van der Waals surface area contributed by atoms with Gasteiger partial charge in [0, 0.05) is 31.4 Å². The fraction of sp³-hybridized carbons (Fsp3) is 0.409. The summed E-state index contributed by atoms with van der Waals surface area (Å²) in [6.07, 6.45) is 4.49. The van der Waals surface area contributed by atoms with Gasteiger partial charge >= 0.3 is 0 Å². The molecule has 1 aromatic heterocycles. The molecule has 0 atom stereocenters. The van der Waals surface area contributed by atoms with Crippen LogP contribution < -0.4 is 10.1 Å². The summed E-state index contributed by atoms with van der Waals surface area (Å²) in [6, 6.07) is 9.46. The fourth-order valence-electron chi connectivity index (χ4n) is 3.20. The van der Waals surface area contributed by atoms with E-state index in [4.69, 9.17) is 4.74 Å². The molecule has 2 amide bonds. The number of hydrogen-bond donors (Lipinski definition) is 1. The summed E-state index contributed by atoms with van der Waals surface area (Å²) in [5.41, 5.74) is 3.05. The van der Waals surface area contributed by atoms with Crippen LogP contribution in [0.15, 0.2) is 42.7 Å². The number of nitrogens with zero attached hydrogens (tertiary/aromatic N) is 2. The molecule has 0 saturated carbocycles. The van der Waals surface area contributed by atoms with Crippen LogP contribution in [0.2, 0.25) is 0 Å². The Morgan fingerprint density at radius 2 is 2.04 bits per heavy atom. The second-order valence-corrected chi connectivity index (χ2v) is 8.31. The zero-order valence-electron chi connectivity index (χ0n) is 16.7. The topological polar surface area (TPSA) is 71.5 Å². The first kappa shape index (κ1) is 19.9. The lowest BCUT2D eigenvalue weighted by Gasteiger charge is -2.29. The average Bonchev–Trinajstić information content (AvgIpc) is 2.65. The van der Waals surface area contributed by atoms with E-state index in [9.17, 15) is 9.59 Å². The molecule has 0 bridgehead atoms. The molecule has 6 heteroatoms. The van der Waals surface area contributed by atoms with Gasteiger partial charge in [0.15, 0.2) is 6.61 Å². The van der Waals surface area contributed by atoms with E-state index in [1.54, 1.807) is 29.4 Å². The largest absolute Gasteiger partial charge is 0.482 e. The Morgan fingerprint density at radius 1 is 1.21 bits per heavy atom. The van der Waals surface area contributed by atoms with E-state index in [-0.39, 0.29) is 23.8 Å². The van der Waals surface area contributed by atoms with Crippen LogP contribution >= 0.6 is 0 Å². The van der Waals surface area contributed by atoms with Crippen LogP contribution in [0.3, 0.4) is 0 Å². The molecule has 6 nitrogen and oxygen atoms in total. The van der Waals surface area contributed by atoms with Crippen molar-refractivity contribution in [3.8, 4) is 5.75 Å². The zero-order chi connectivity index (χ0) is 20.1. The number of carbonyl (C=O) groups excluding carboxylic acids is 2. The maximum absolute atomic E-state index is 12.4. The van der Waals surface area contributed by atoms with E-state index < -0.39 is 0 Å². The minimum Gasteiger partial charge on any atom is -0.482 e. The second kappa shape index (κ2) is 8.42. The number of nitrogens with one attached hydrogen (secondary N) is 1. The molecule has 148 valence electrons. The molecule has 3 rings (SSSR count). The number of ether oxygens (including phenoxy) is 1. The molecule has 0 fully saturated rings. The number of rotatable bonds is 5. The lowest BCUT2D eigenvalue weighted by molar-refractivity contribution is -0.134. The Kier molecular flexibility index (Phi) is 5.97. The van der Waals surface area contributed by atoms with Crippen molar-refractivity contribution in [2.24, 2.45) is 5.41 Å². The van der Waals surface area contributed by atoms with Gasteiger partial charge < -0.3 is 15.0 Å². The van der Waals surface area contributed by atoms with Crippen LogP contribution in [-0.2, 0) is 22.6 Å². The van der Waals surface area contributed by atoms with Gasteiger partial charge in [-0.1, -0.05) is 26.8 Å². The summed E-state index contributed by atoms with van der Waals surface area (Å²) < 4.78 is 5.51. The van der Waals surface area contributed by atoms with Crippen LogP contribution in [0.5, 0.6) is 5.75 Å². The number of fused-ring (bicyclic) bond motifs is 1. The third kappa shape index (κ3) is 5.55. The predicted molar refractivity (Wildman–Crippen MR) is 108 cm³/mol. The van der Waals surface area contributed by atoms with Crippen molar-refractivity contribution >= 4 is 17.5 Å². The van der Waals surface area contributed by atoms with Crippen LogP contribution in [0.4, 0.5) is 5.69 Å². The van der Waals surface area contributed by atoms with Crippen LogP contribution in [0.1, 0.15) is 38.3 Å². The first-order valence-electron chi connectivity index (χ1n) is 9.52. The fourth-order valence-corrected chi connectivity index (χ4v) is 3.20. The number of anilines is 1. The van der Waals surface area contributed by atoms with E-state index in [0.717, 1.165) is 17.7 Å². The average molecular weight is 381 g/mol. The summed E-state index contributed by atoms with van der Waals surface area (Å²) in [6.45, 7) is 7.33. The van der Waals surface area contributed by atoms with Gasteiger partial charge in [0.25, 0.3) is 5.91 Å². The van der Waals surface area contributed by atoms with Crippen LogP contribution in [0.25, 0.3) is 0 Å². The molecule has 0 radical (unpaired) electrons. The molecular formula is C22H27N3O3. The zero-order valence-corrected chi connectivity index (χ0v) is 16.7. The Balaban J connectivity index is 1.56. The normalized spacial score (nSPS) is 13.6. The van der Waals surface area contributed by atoms with Crippen LogP contribution in [-0.4, -0.2) is 34.8 Å². The van der Waals surface area contributed by atoms with E-state index in [2.05, 4.69) is 10.3 Å². The standard InChI is InChI=1S/C22H27N3O3/c1-22(2,3)12-20(26)24-18-7-6-17-14-25(10-8-16(17)11-18)21(27)15-28-19-5-4-9-23-13-19/h4-7,9,11,13H,8,10,12,14-15H2,1-3H3,(H,24,26). The summed E-state index contributed by atoms with van der Waals surface area (Å²) in [5, 5.41) is 2.98. The number of carbonyl (C=O) groups is 2. The van der Waals surface area contributed by atoms with Gasteiger partial charge in [-0.3, -0.25) is 14.6 Å². The first-order valence-corrected chi connectivity index (χ1v) is 9.52. The lowest BCUT2D eigenvalue weighted by Crippen LogP contribution is -2.38. The molecule has 0 spiro atoms. The SMILES string of the molecule is CC(C)(C)CC(=O)Nc1ccc2c(c1)CCN(C(=O)COc1cccnc1)C2. The Labute approximate surface area is 165 Å². The van der Waals surface area contributed by atoms with Crippen molar-refractivity contribution in [1.82, 2.24) is 9.88 Å². The monoisotopic (exact) mass is 381 g/mol. The second-order valence-electron chi connectivity index (χ2n) is 8.31. The van der Waals surface area contributed by atoms with E-state index >= 15 is 0 Å². The quantitative estimate of drug-likeness (QED) is 0.861. The van der Waals surface area contributed by atoms with E-state index in [0.29, 0.717) is 25.3 Å². The van der Waals surface area contributed by atoms with Gasteiger partial charge in [-0.05, 0) is 47.2 Å². The highest BCUT2D eigenvalue weighted by Gasteiger charge is 2.22. The molecule has 0 aliphatic carbocycles. The summed E-state index contributed by atoms with van der Waals surface area (Å²) in [5.74, 6) is 0.563. The van der Waals surface area contributed by atoms with Crippen molar-refractivity contribution in [2.75, 3.05) is 18.5 Å². The van der Waals surface area contributed by atoms with Gasteiger partial charge in [-0.15, -0.1) is 0 Å². The number of amides is 2. The Hall–Kier alpha value is -2.89. The van der Waals surface area contributed by atoms with Crippen molar-refractivity contribution in [2.45, 2.75) is 40.2 Å². The summed E-state index contributed by atoms with van der Waals surface area (Å²) in [7, 11) is 0. The number of benzene rings is 1. The van der Waals surface area contributed by atoms with Crippen molar-refractivity contribution in [3.05, 3.63) is 53.9 Å². The minimum absolute atomic E-state index is 0.00196. The first-order chi connectivity index (χ1) is 13.3. The lowest BCUT2D eigenvalue weighted by atomic mass is 9.92. The maximum Gasteiger partial charge on any atom is 0.260 e. The molecule has 1 N–H and O–H groups in total. The molecule has 28 heavy (non-hydrogen) atoms. The number of aromatic nitrogens is 1. The molecule has 2 aromatic rings. The molecule has 1 aromatic carbocycles. The van der Waals surface area contributed by atoms with Gasteiger partial charge in [0.2, 0.25) is 5.91 Å². The molecule has 0 unspecified atom stereocenters. The summed E-state index contributed by atoms with van der Waals surface area (Å²) in [4.78, 5) is 30.4. The highest BCUT2D eigenvalue weighted by Crippen LogP contribution is 2.24. The summed E-state index contributed by atoms with van der Waals surface area (Å²) >= 11 is 0. The third-order valence-electron chi connectivity index (χ3n) is 4.54. The van der Waals surface area contributed by atoms with Crippen molar-refractivity contribution in [1.29, 1.82) is 0 Å². The van der Waals surface area contributed by atoms with Crippen molar-refractivity contribution in [3.63, 3.8) is 0 Å². The van der Waals surface area contributed by atoms with Gasteiger partial charge in [0.05, 0.1) is 6.20 Å². The van der Waals surface area contributed by atoms with Gasteiger partial charge in [-0.25, -0.2) is 0 Å². The molecule has 1 aliphatic heterocycles. The van der Waals surface area contributed by atoms with Gasteiger partial charge in [-0.2, -0.15) is 0 Å². The predicted octanol–water partition coefficient (Wildman–Crippen LogP) is 3.42. The molecule has 1 aliphatic rings. The van der Waals surface area contributed by atoms with Crippen LogP contribution in [0, 0.1) is 5.41 Å². The molecule has 2 heterocycles. The van der Waals surface area contributed by atoms with Gasteiger partial charge in [0.1, 0.15) is 5.75 Å². The molecular weight excluding hydrogens is 354 g/mol. The molecule has 0 saturated heterocycles. The highest BCUT2D eigenvalue weighted by atomic mass is 16.5. The Bertz CT molecular complexity index is 844. The Morgan fingerprint density at radius 3 is 2.75 bits per heavy atom. The highest BCUT2D eigenvalue weighted by molar-refractivity contribution is 5.91.